The fourth-order valence-corrected chi connectivity index (χ4v) is 5.79. The van der Waals surface area contributed by atoms with Crippen LogP contribution in [0.5, 0.6) is 0 Å². The molecule has 29 heavy (non-hydrogen) atoms. The lowest BCUT2D eigenvalue weighted by Gasteiger charge is -2.34. The van der Waals surface area contributed by atoms with Crippen molar-refractivity contribution in [3.05, 3.63) is 54.2 Å². The number of hydrogen-bond acceptors (Lipinski definition) is 5. The zero-order chi connectivity index (χ0) is 20.8. The number of benzene rings is 2. The molecule has 0 atom stereocenters. The van der Waals surface area contributed by atoms with Gasteiger partial charge in [0.25, 0.3) is 0 Å². The summed E-state index contributed by atoms with van der Waals surface area (Å²) in [6.07, 6.45) is 6.09. The van der Waals surface area contributed by atoms with Gasteiger partial charge in [0.2, 0.25) is 0 Å². The monoisotopic (exact) mass is 432 g/mol. The van der Waals surface area contributed by atoms with Crippen LogP contribution in [0.2, 0.25) is 0 Å². The first-order valence-electron chi connectivity index (χ1n) is 9.50. The molecular formula is C21H24N2O4S2. The third kappa shape index (κ3) is 3.91. The summed E-state index contributed by atoms with van der Waals surface area (Å²) in [5, 5.41) is 1.24. The van der Waals surface area contributed by atoms with E-state index in [0.29, 0.717) is 24.7 Å². The van der Waals surface area contributed by atoms with Crippen LogP contribution < -0.4 is 4.90 Å². The number of nitrogens with zero attached hydrogens (tertiary/aromatic N) is 1. The molecule has 8 heteroatoms. The number of aromatic nitrogens is 1. The number of sulfone groups is 2. The van der Waals surface area contributed by atoms with Gasteiger partial charge in [-0.1, -0.05) is 18.2 Å². The van der Waals surface area contributed by atoms with Crippen molar-refractivity contribution in [1.82, 2.24) is 4.98 Å². The van der Waals surface area contributed by atoms with Crippen LogP contribution in [-0.4, -0.2) is 47.4 Å². The molecule has 2 heterocycles. The number of para-hydroxylation sites is 1. The molecule has 0 aliphatic carbocycles. The number of nitrogens with one attached hydrogen (secondary N) is 1. The van der Waals surface area contributed by atoms with Crippen molar-refractivity contribution in [1.29, 1.82) is 0 Å². The minimum atomic E-state index is -3.56. The van der Waals surface area contributed by atoms with Crippen molar-refractivity contribution in [2.24, 2.45) is 0 Å². The summed E-state index contributed by atoms with van der Waals surface area (Å²) in [5.74, 6) is 0.402. The Kier molecular flexibility index (Phi) is 4.94. The maximum atomic E-state index is 12.3. The van der Waals surface area contributed by atoms with Gasteiger partial charge in [-0.3, -0.25) is 0 Å². The number of hydrogen-bond donors (Lipinski definition) is 1. The lowest BCUT2D eigenvalue weighted by Crippen LogP contribution is -2.33. The van der Waals surface area contributed by atoms with Gasteiger partial charge in [-0.2, -0.15) is 0 Å². The van der Waals surface area contributed by atoms with Gasteiger partial charge in [-0.25, -0.2) is 16.8 Å². The largest absolute Gasteiger partial charge is 0.370 e. The highest BCUT2D eigenvalue weighted by molar-refractivity contribution is 7.91. The Balaban J connectivity index is 1.61. The topological polar surface area (TPSA) is 87.3 Å². The lowest BCUT2D eigenvalue weighted by molar-refractivity contribution is 0.505. The summed E-state index contributed by atoms with van der Waals surface area (Å²) < 4.78 is 48.4. The van der Waals surface area contributed by atoms with Crippen LogP contribution in [-0.2, 0) is 19.7 Å². The number of aromatic amines is 1. The SMILES string of the molecule is CS(=O)(=O)c1ccc(N2CCC(c3c[nH]c4ccccc34)CC2)c(S(C)(=O)=O)c1. The second-order valence-electron chi connectivity index (χ2n) is 7.72. The molecule has 4 rings (SSSR count). The van der Waals surface area contributed by atoms with Gasteiger partial charge in [0.1, 0.15) is 0 Å². The van der Waals surface area contributed by atoms with Gasteiger partial charge in [-0.05, 0) is 48.6 Å². The minimum Gasteiger partial charge on any atom is -0.370 e. The van der Waals surface area contributed by atoms with E-state index in [9.17, 15) is 16.8 Å². The van der Waals surface area contributed by atoms with E-state index in [0.717, 1.165) is 30.9 Å². The highest BCUT2D eigenvalue weighted by Gasteiger charge is 2.27. The molecule has 6 nitrogen and oxygen atoms in total. The van der Waals surface area contributed by atoms with Crippen LogP contribution in [0.3, 0.4) is 0 Å². The normalized spacial score (nSPS) is 16.4. The molecule has 154 valence electrons. The maximum absolute atomic E-state index is 12.3. The standard InChI is InChI=1S/C21H24N2O4S2/c1-28(24,25)16-7-8-20(21(13-16)29(2,26)27)23-11-9-15(10-12-23)18-14-22-19-6-4-3-5-17(18)19/h3-8,13-15,22H,9-12H2,1-2H3. The smallest absolute Gasteiger partial charge is 0.177 e. The van der Waals surface area contributed by atoms with E-state index in [2.05, 4.69) is 23.3 Å². The summed E-state index contributed by atoms with van der Waals surface area (Å²) in [4.78, 5) is 5.48. The number of anilines is 1. The first kappa shape index (κ1) is 20.0. The average Bonchev–Trinajstić information content (AvgIpc) is 3.10. The molecule has 0 unspecified atom stereocenters. The molecule has 1 aromatic heterocycles. The Morgan fingerprint density at radius 2 is 1.62 bits per heavy atom. The Bertz CT molecular complexity index is 1270. The van der Waals surface area contributed by atoms with Crippen LogP contribution in [0.15, 0.2) is 58.5 Å². The van der Waals surface area contributed by atoms with Gasteiger partial charge >= 0.3 is 0 Å². The number of fused-ring (bicyclic) bond motifs is 1. The first-order valence-corrected chi connectivity index (χ1v) is 13.3. The Labute approximate surface area is 171 Å². The van der Waals surface area contributed by atoms with Crippen molar-refractivity contribution in [3.63, 3.8) is 0 Å². The van der Waals surface area contributed by atoms with E-state index in [1.807, 2.05) is 17.0 Å². The predicted molar refractivity (Wildman–Crippen MR) is 115 cm³/mol. The van der Waals surface area contributed by atoms with Gasteiger partial charge in [0.05, 0.1) is 15.5 Å². The summed E-state index contributed by atoms with van der Waals surface area (Å²) in [6.45, 7) is 1.43. The van der Waals surface area contributed by atoms with Crippen molar-refractivity contribution in [2.75, 3.05) is 30.5 Å². The zero-order valence-corrected chi connectivity index (χ0v) is 18.1. The molecule has 2 aromatic carbocycles. The molecule has 1 saturated heterocycles. The lowest BCUT2D eigenvalue weighted by atomic mass is 9.89. The van der Waals surface area contributed by atoms with Gasteiger partial charge in [0.15, 0.2) is 19.7 Å². The highest BCUT2D eigenvalue weighted by Crippen LogP contribution is 2.36. The van der Waals surface area contributed by atoms with Gasteiger partial charge in [0, 0.05) is 42.7 Å². The summed E-state index contributed by atoms with van der Waals surface area (Å²) in [6, 6.07) is 12.6. The molecule has 1 N–H and O–H groups in total. The van der Waals surface area contributed by atoms with E-state index < -0.39 is 19.7 Å². The molecular weight excluding hydrogens is 408 g/mol. The molecule has 0 spiro atoms. The van der Waals surface area contributed by atoms with E-state index >= 15 is 0 Å². The van der Waals surface area contributed by atoms with Gasteiger partial charge in [-0.15, -0.1) is 0 Å². The number of H-pyrrole nitrogens is 1. The van der Waals surface area contributed by atoms with E-state index in [1.165, 1.54) is 23.1 Å². The van der Waals surface area contributed by atoms with E-state index in [-0.39, 0.29) is 9.79 Å². The van der Waals surface area contributed by atoms with E-state index in [4.69, 9.17) is 0 Å². The molecule has 0 amide bonds. The van der Waals surface area contributed by atoms with Crippen molar-refractivity contribution in [2.45, 2.75) is 28.6 Å². The third-order valence-corrected chi connectivity index (χ3v) is 7.89. The predicted octanol–water partition coefficient (Wildman–Crippen LogP) is 3.36. The van der Waals surface area contributed by atoms with Crippen LogP contribution >= 0.6 is 0 Å². The molecule has 1 fully saturated rings. The van der Waals surface area contributed by atoms with Crippen LogP contribution in [0, 0.1) is 0 Å². The van der Waals surface area contributed by atoms with Gasteiger partial charge < -0.3 is 9.88 Å². The molecule has 0 radical (unpaired) electrons. The molecule has 3 aromatic rings. The maximum Gasteiger partial charge on any atom is 0.177 e. The summed E-state index contributed by atoms with van der Waals surface area (Å²) in [5.41, 5.74) is 3.01. The minimum absolute atomic E-state index is 0.0235. The van der Waals surface area contributed by atoms with E-state index in [1.54, 1.807) is 6.07 Å². The Hall–Kier alpha value is -2.32. The second kappa shape index (κ2) is 7.18. The zero-order valence-electron chi connectivity index (χ0n) is 16.4. The van der Waals surface area contributed by atoms with Crippen molar-refractivity contribution in [3.8, 4) is 0 Å². The summed E-state index contributed by atoms with van der Waals surface area (Å²) >= 11 is 0. The average molecular weight is 433 g/mol. The second-order valence-corrected chi connectivity index (χ2v) is 11.7. The highest BCUT2D eigenvalue weighted by atomic mass is 32.2. The fraction of sp³-hybridized carbons (Fsp3) is 0.333. The molecule has 0 bridgehead atoms. The quantitative estimate of drug-likeness (QED) is 0.683. The summed E-state index contributed by atoms with van der Waals surface area (Å²) in [7, 11) is -7.04. The number of rotatable bonds is 4. The Morgan fingerprint density at radius 1 is 0.931 bits per heavy atom. The molecule has 0 saturated carbocycles. The fourth-order valence-electron chi connectivity index (χ4n) is 4.15. The third-order valence-electron chi connectivity index (χ3n) is 5.66. The molecule has 1 aliphatic rings. The number of piperidine rings is 1. The molecule has 1 aliphatic heterocycles. The van der Waals surface area contributed by atoms with Crippen LogP contribution in [0.1, 0.15) is 24.3 Å². The van der Waals surface area contributed by atoms with Crippen LogP contribution in [0.4, 0.5) is 5.69 Å². The van der Waals surface area contributed by atoms with Crippen LogP contribution in [0.25, 0.3) is 10.9 Å². The first-order chi connectivity index (χ1) is 13.6. The van der Waals surface area contributed by atoms with Crippen molar-refractivity contribution < 1.29 is 16.8 Å². The van der Waals surface area contributed by atoms with Crippen molar-refractivity contribution >= 4 is 36.3 Å². The Morgan fingerprint density at radius 3 is 2.28 bits per heavy atom.